The molecule has 1 fully saturated rings. The second-order valence-corrected chi connectivity index (χ2v) is 6.71. The number of hydrogen-bond donors (Lipinski definition) is 1. The van der Waals surface area contributed by atoms with Crippen molar-refractivity contribution in [3.8, 4) is 0 Å². The summed E-state index contributed by atoms with van der Waals surface area (Å²) in [7, 11) is 0. The summed E-state index contributed by atoms with van der Waals surface area (Å²) in [6, 6.07) is 2.00. The first-order valence-electron chi connectivity index (χ1n) is 7.53. The average Bonchev–Trinajstić information content (AvgIpc) is 3.09. The maximum Gasteiger partial charge on any atom is 0.309 e. The Morgan fingerprint density at radius 2 is 2.27 bits per heavy atom. The number of aliphatic carboxylic acids is 1. The third kappa shape index (κ3) is 3.56. The zero-order chi connectivity index (χ0) is 15.5. The number of furan rings is 1. The third-order valence-corrected chi connectivity index (χ3v) is 5.23. The molecule has 118 valence electrons. The van der Waals surface area contributed by atoms with Gasteiger partial charge in [-0.2, -0.15) is 0 Å². The van der Waals surface area contributed by atoms with Crippen molar-refractivity contribution in [1.82, 2.24) is 9.88 Å². The maximum atomic E-state index is 10.7. The lowest BCUT2D eigenvalue weighted by atomic mass is 9.97. The summed E-state index contributed by atoms with van der Waals surface area (Å²) < 4.78 is 5.51. The van der Waals surface area contributed by atoms with E-state index >= 15 is 0 Å². The highest BCUT2D eigenvalue weighted by molar-refractivity contribution is 7.09. The molecule has 3 heterocycles. The van der Waals surface area contributed by atoms with Gasteiger partial charge in [-0.1, -0.05) is 0 Å². The summed E-state index contributed by atoms with van der Waals surface area (Å²) in [5.41, 5.74) is 1.89. The summed E-state index contributed by atoms with van der Waals surface area (Å²) in [4.78, 5) is 17.6. The number of carbonyl (C=O) groups is 1. The second-order valence-electron chi connectivity index (χ2n) is 5.82. The number of thiazole rings is 1. The van der Waals surface area contributed by atoms with Crippen LogP contribution in [0.5, 0.6) is 0 Å². The van der Waals surface area contributed by atoms with Crippen LogP contribution in [-0.2, 0) is 17.8 Å². The average molecular weight is 320 g/mol. The predicted octanol–water partition coefficient (Wildman–Crippen LogP) is 3.05. The fraction of sp³-hybridized carbons (Fsp3) is 0.500. The molecule has 1 aliphatic rings. The summed E-state index contributed by atoms with van der Waals surface area (Å²) >= 11 is 1.60. The molecule has 0 spiro atoms. The van der Waals surface area contributed by atoms with E-state index in [0.29, 0.717) is 11.6 Å². The Kier molecular flexibility index (Phi) is 4.59. The number of carboxylic acids is 1. The fourth-order valence-electron chi connectivity index (χ4n) is 2.85. The molecule has 5 nitrogen and oxygen atoms in total. The van der Waals surface area contributed by atoms with Crippen molar-refractivity contribution >= 4 is 17.3 Å². The van der Waals surface area contributed by atoms with Gasteiger partial charge in [0.2, 0.25) is 0 Å². The quantitative estimate of drug-likeness (QED) is 0.917. The van der Waals surface area contributed by atoms with Gasteiger partial charge in [-0.15, -0.1) is 11.3 Å². The van der Waals surface area contributed by atoms with E-state index < -0.39 is 5.97 Å². The van der Waals surface area contributed by atoms with Gasteiger partial charge < -0.3 is 9.52 Å². The molecule has 6 heteroatoms. The summed E-state index contributed by atoms with van der Waals surface area (Å²) in [5, 5.41) is 11.8. The number of aryl methyl sites for hydroxylation is 1. The smallest absolute Gasteiger partial charge is 0.309 e. The van der Waals surface area contributed by atoms with Gasteiger partial charge in [0, 0.05) is 11.3 Å². The summed E-state index contributed by atoms with van der Waals surface area (Å²) in [6.45, 7) is 5.00. The number of piperidine rings is 1. The Morgan fingerprint density at radius 1 is 1.50 bits per heavy atom. The first-order valence-corrected chi connectivity index (χ1v) is 8.41. The zero-order valence-electron chi connectivity index (χ0n) is 12.6. The van der Waals surface area contributed by atoms with Gasteiger partial charge in [-0.3, -0.25) is 9.69 Å². The molecule has 22 heavy (non-hydrogen) atoms. The lowest BCUT2D eigenvalue weighted by Gasteiger charge is -2.30. The first kappa shape index (κ1) is 15.2. The third-order valence-electron chi connectivity index (χ3n) is 4.17. The molecule has 1 aliphatic heterocycles. The van der Waals surface area contributed by atoms with E-state index in [4.69, 9.17) is 9.52 Å². The number of hydrogen-bond acceptors (Lipinski definition) is 5. The van der Waals surface area contributed by atoms with Crippen LogP contribution in [0.25, 0.3) is 0 Å². The van der Waals surface area contributed by atoms with Crippen molar-refractivity contribution in [2.45, 2.75) is 38.6 Å². The van der Waals surface area contributed by atoms with Crippen LogP contribution in [-0.4, -0.2) is 34.0 Å². The van der Waals surface area contributed by atoms with Gasteiger partial charge in [-0.25, -0.2) is 4.98 Å². The predicted molar refractivity (Wildman–Crippen MR) is 84.2 cm³/mol. The molecule has 0 radical (unpaired) electrons. The van der Waals surface area contributed by atoms with Crippen LogP contribution in [0.1, 0.15) is 40.8 Å². The molecule has 0 unspecified atom stereocenters. The van der Waals surface area contributed by atoms with Crippen LogP contribution in [0.4, 0.5) is 0 Å². The highest BCUT2D eigenvalue weighted by Crippen LogP contribution is 2.31. The highest BCUT2D eigenvalue weighted by Gasteiger charge is 2.24. The van der Waals surface area contributed by atoms with Gasteiger partial charge in [-0.05, 0) is 44.5 Å². The number of carboxylic acid groups (broad SMARTS) is 1. The minimum Gasteiger partial charge on any atom is -0.481 e. The Morgan fingerprint density at radius 3 is 2.91 bits per heavy atom. The number of rotatable bonds is 5. The molecule has 0 amide bonds. The van der Waals surface area contributed by atoms with Crippen LogP contribution in [0, 0.1) is 6.92 Å². The van der Waals surface area contributed by atoms with Crippen molar-refractivity contribution in [3.63, 3.8) is 0 Å². The lowest BCUT2D eigenvalue weighted by Crippen LogP contribution is -2.32. The van der Waals surface area contributed by atoms with Gasteiger partial charge in [0.25, 0.3) is 0 Å². The van der Waals surface area contributed by atoms with Crippen molar-refractivity contribution < 1.29 is 14.3 Å². The van der Waals surface area contributed by atoms with Crippen molar-refractivity contribution in [2.75, 3.05) is 13.1 Å². The Labute approximate surface area is 133 Å². The largest absolute Gasteiger partial charge is 0.481 e. The number of likely N-dealkylation sites (tertiary alicyclic amines) is 1. The Bertz CT molecular complexity index is 641. The molecule has 1 N–H and O–H groups in total. The second kappa shape index (κ2) is 6.62. The lowest BCUT2D eigenvalue weighted by molar-refractivity contribution is -0.136. The molecule has 0 saturated carbocycles. The van der Waals surface area contributed by atoms with E-state index in [1.165, 1.54) is 5.56 Å². The van der Waals surface area contributed by atoms with E-state index in [1.807, 2.05) is 11.4 Å². The molecular weight excluding hydrogens is 300 g/mol. The summed E-state index contributed by atoms with van der Waals surface area (Å²) in [5.74, 6) is 0.693. The molecular formula is C16H20N2O3S. The van der Waals surface area contributed by atoms with E-state index in [0.717, 1.165) is 43.2 Å². The highest BCUT2D eigenvalue weighted by atomic mass is 32.1. The molecule has 1 saturated heterocycles. The first-order chi connectivity index (χ1) is 10.6. The van der Waals surface area contributed by atoms with Gasteiger partial charge in [0.05, 0.1) is 29.9 Å². The van der Waals surface area contributed by atoms with E-state index in [2.05, 4.69) is 16.8 Å². The van der Waals surface area contributed by atoms with E-state index in [9.17, 15) is 4.79 Å². The number of aromatic nitrogens is 1. The molecule has 0 atom stereocenters. The monoisotopic (exact) mass is 320 g/mol. The Balaban J connectivity index is 1.54. The standard InChI is InChI=1S/C16H20N2O3S/c1-11-4-7-21-14(11)9-18-5-2-12(3-6-18)16-17-13(10-22-16)8-15(19)20/h4,7,10,12H,2-3,5-6,8-9H2,1H3,(H,19,20). The van der Waals surface area contributed by atoms with Gasteiger partial charge in [0.15, 0.2) is 0 Å². The van der Waals surface area contributed by atoms with E-state index in [1.54, 1.807) is 17.6 Å². The fourth-order valence-corrected chi connectivity index (χ4v) is 3.84. The molecule has 0 aromatic carbocycles. The van der Waals surface area contributed by atoms with Gasteiger partial charge in [0.1, 0.15) is 5.76 Å². The van der Waals surface area contributed by atoms with Gasteiger partial charge >= 0.3 is 5.97 Å². The van der Waals surface area contributed by atoms with Crippen LogP contribution >= 0.6 is 11.3 Å². The normalized spacial score (nSPS) is 17.0. The number of nitrogens with zero attached hydrogens (tertiary/aromatic N) is 2. The van der Waals surface area contributed by atoms with Crippen LogP contribution in [0.15, 0.2) is 22.1 Å². The van der Waals surface area contributed by atoms with Crippen LogP contribution in [0.3, 0.4) is 0 Å². The van der Waals surface area contributed by atoms with Crippen molar-refractivity contribution in [3.05, 3.63) is 39.7 Å². The minimum absolute atomic E-state index is 0.0209. The SMILES string of the molecule is Cc1ccoc1CN1CCC(c2nc(CC(=O)O)cs2)CC1. The van der Waals surface area contributed by atoms with E-state index in [-0.39, 0.29) is 6.42 Å². The summed E-state index contributed by atoms with van der Waals surface area (Å²) in [6.07, 6.45) is 3.91. The van der Waals surface area contributed by atoms with Crippen molar-refractivity contribution in [1.29, 1.82) is 0 Å². The molecule has 0 aliphatic carbocycles. The van der Waals surface area contributed by atoms with Crippen LogP contribution in [0.2, 0.25) is 0 Å². The topological polar surface area (TPSA) is 66.6 Å². The molecule has 3 rings (SSSR count). The molecule has 2 aromatic heterocycles. The molecule has 0 bridgehead atoms. The van der Waals surface area contributed by atoms with Crippen molar-refractivity contribution in [2.24, 2.45) is 0 Å². The maximum absolute atomic E-state index is 10.7. The molecule has 2 aromatic rings. The Hall–Kier alpha value is -1.66. The van der Waals surface area contributed by atoms with Crippen LogP contribution < -0.4 is 0 Å². The zero-order valence-corrected chi connectivity index (χ0v) is 13.4. The minimum atomic E-state index is -0.819.